The third-order valence-electron chi connectivity index (χ3n) is 4.38. The van der Waals surface area contributed by atoms with Crippen molar-refractivity contribution in [2.75, 3.05) is 6.54 Å². The molecule has 154 valence electrons. The van der Waals surface area contributed by atoms with Crippen molar-refractivity contribution in [3.8, 4) is 17.2 Å². The van der Waals surface area contributed by atoms with E-state index in [4.69, 9.17) is 4.74 Å². The Bertz CT molecular complexity index is 745. The zero-order valence-corrected chi connectivity index (χ0v) is 18.2. The fraction of sp³-hybridized carbons (Fsp3) is 0.458. The van der Waals surface area contributed by atoms with E-state index in [0.717, 1.165) is 53.8 Å². The molecular weight excluding hydrogens is 350 g/mol. The summed E-state index contributed by atoms with van der Waals surface area (Å²) in [6, 6.07) is 9.19. The highest BCUT2D eigenvalue weighted by atomic mass is 16.5. The Morgan fingerprint density at radius 1 is 1.00 bits per heavy atom. The number of carbonyl (C=O) groups excluding carboxylic acids is 1. The minimum absolute atomic E-state index is 0.0581. The average molecular weight is 386 g/mol. The molecular formula is C24H35NO3. The summed E-state index contributed by atoms with van der Waals surface area (Å²) in [5.74, 6) is 1.80. The van der Waals surface area contributed by atoms with E-state index in [-0.39, 0.29) is 11.7 Å². The molecule has 2 aromatic carbocycles. The quantitative estimate of drug-likeness (QED) is 0.549. The summed E-state index contributed by atoms with van der Waals surface area (Å²) in [7, 11) is 0. The number of phenols is 1. The number of nitrogens with one attached hydrogen (secondary N) is 1. The van der Waals surface area contributed by atoms with Crippen LogP contribution in [0.15, 0.2) is 30.3 Å². The zero-order chi connectivity index (χ0) is 21.1. The number of amides is 1. The second-order valence-corrected chi connectivity index (χ2v) is 6.84. The van der Waals surface area contributed by atoms with Crippen LogP contribution in [0, 0.1) is 20.8 Å². The van der Waals surface area contributed by atoms with Gasteiger partial charge in [0.05, 0.1) is 6.42 Å². The van der Waals surface area contributed by atoms with Crippen molar-refractivity contribution in [3.63, 3.8) is 0 Å². The van der Waals surface area contributed by atoms with Gasteiger partial charge in [-0.15, -0.1) is 0 Å². The van der Waals surface area contributed by atoms with Gasteiger partial charge < -0.3 is 15.2 Å². The van der Waals surface area contributed by atoms with E-state index in [1.165, 1.54) is 0 Å². The van der Waals surface area contributed by atoms with Gasteiger partial charge in [-0.3, -0.25) is 4.79 Å². The number of phenolic OH excluding ortho intramolecular Hbond substituents is 1. The van der Waals surface area contributed by atoms with Crippen LogP contribution in [0.4, 0.5) is 0 Å². The molecule has 0 aliphatic rings. The van der Waals surface area contributed by atoms with Crippen LogP contribution in [0.2, 0.25) is 0 Å². The number of aromatic hydroxyl groups is 1. The monoisotopic (exact) mass is 385 g/mol. The van der Waals surface area contributed by atoms with Crippen LogP contribution < -0.4 is 10.1 Å². The van der Waals surface area contributed by atoms with Crippen molar-refractivity contribution in [2.45, 2.75) is 67.2 Å². The number of ether oxygens (including phenoxy) is 1. The topological polar surface area (TPSA) is 58.6 Å². The van der Waals surface area contributed by atoms with E-state index in [0.29, 0.717) is 12.2 Å². The van der Waals surface area contributed by atoms with Crippen molar-refractivity contribution in [1.29, 1.82) is 0 Å². The van der Waals surface area contributed by atoms with Crippen molar-refractivity contribution in [2.24, 2.45) is 0 Å². The summed E-state index contributed by atoms with van der Waals surface area (Å²) in [5.41, 5.74) is 3.74. The zero-order valence-electron chi connectivity index (χ0n) is 18.2. The number of hydrogen-bond acceptors (Lipinski definition) is 3. The molecule has 0 saturated heterocycles. The highest BCUT2D eigenvalue weighted by Crippen LogP contribution is 2.32. The first-order valence-electron chi connectivity index (χ1n) is 10.2. The predicted molar refractivity (Wildman–Crippen MR) is 116 cm³/mol. The molecule has 0 aliphatic heterocycles. The maximum Gasteiger partial charge on any atom is 0.224 e. The first-order valence-corrected chi connectivity index (χ1v) is 10.2. The Morgan fingerprint density at radius 3 is 2.21 bits per heavy atom. The van der Waals surface area contributed by atoms with E-state index in [9.17, 15) is 9.90 Å². The second kappa shape index (κ2) is 12.1. The molecule has 1 amide bonds. The van der Waals surface area contributed by atoms with Crippen molar-refractivity contribution < 1.29 is 14.6 Å². The lowest BCUT2D eigenvalue weighted by Gasteiger charge is -2.14. The van der Waals surface area contributed by atoms with E-state index in [1.807, 2.05) is 52.8 Å². The normalized spacial score (nSPS) is 10.1. The molecule has 0 radical (unpaired) electrons. The van der Waals surface area contributed by atoms with Crippen LogP contribution in [0.25, 0.3) is 0 Å². The molecule has 4 heteroatoms. The van der Waals surface area contributed by atoms with E-state index < -0.39 is 0 Å². The molecule has 28 heavy (non-hydrogen) atoms. The van der Waals surface area contributed by atoms with Crippen LogP contribution in [0.1, 0.15) is 62.3 Å². The SMILES string of the molecule is CC.CCCCCNC(=O)Cc1cc(C)c(Oc2ccc(O)c(C)c2)c(C)c1. The van der Waals surface area contributed by atoms with Gasteiger partial charge in [0.25, 0.3) is 0 Å². The molecule has 0 aromatic heterocycles. The van der Waals surface area contributed by atoms with Gasteiger partial charge in [0.1, 0.15) is 17.2 Å². The molecule has 2 aromatic rings. The lowest BCUT2D eigenvalue weighted by Crippen LogP contribution is -2.26. The van der Waals surface area contributed by atoms with Gasteiger partial charge in [-0.2, -0.15) is 0 Å². The van der Waals surface area contributed by atoms with Gasteiger partial charge in [-0.05, 0) is 67.6 Å². The Hall–Kier alpha value is -2.49. The van der Waals surface area contributed by atoms with Gasteiger partial charge in [0.2, 0.25) is 5.91 Å². The number of carbonyl (C=O) groups is 1. The smallest absolute Gasteiger partial charge is 0.224 e. The molecule has 0 heterocycles. The summed E-state index contributed by atoms with van der Waals surface area (Å²) in [6.45, 7) is 12.7. The third-order valence-corrected chi connectivity index (χ3v) is 4.38. The fourth-order valence-electron chi connectivity index (χ4n) is 2.96. The number of unbranched alkanes of at least 4 members (excludes halogenated alkanes) is 2. The maximum atomic E-state index is 12.1. The lowest BCUT2D eigenvalue weighted by molar-refractivity contribution is -0.120. The lowest BCUT2D eigenvalue weighted by atomic mass is 10.0. The van der Waals surface area contributed by atoms with Crippen LogP contribution >= 0.6 is 0 Å². The first-order chi connectivity index (χ1) is 13.4. The molecule has 0 saturated carbocycles. The van der Waals surface area contributed by atoms with Crippen LogP contribution in [0.3, 0.4) is 0 Å². The highest BCUT2D eigenvalue weighted by molar-refractivity contribution is 5.78. The molecule has 2 rings (SSSR count). The Morgan fingerprint density at radius 2 is 1.64 bits per heavy atom. The largest absolute Gasteiger partial charge is 0.508 e. The number of benzene rings is 2. The summed E-state index contributed by atoms with van der Waals surface area (Å²) >= 11 is 0. The molecule has 0 unspecified atom stereocenters. The van der Waals surface area contributed by atoms with Crippen LogP contribution in [-0.2, 0) is 11.2 Å². The fourth-order valence-corrected chi connectivity index (χ4v) is 2.96. The summed E-state index contributed by atoms with van der Waals surface area (Å²) in [4.78, 5) is 12.1. The van der Waals surface area contributed by atoms with E-state index >= 15 is 0 Å². The predicted octanol–water partition coefficient (Wildman–Crippen LogP) is 5.98. The molecule has 0 bridgehead atoms. The van der Waals surface area contributed by atoms with Crippen molar-refractivity contribution in [3.05, 3.63) is 52.6 Å². The van der Waals surface area contributed by atoms with Gasteiger partial charge >= 0.3 is 0 Å². The molecule has 4 nitrogen and oxygen atoms in total. The third kappa shape index (κ3) is 7.26. The molecule has 2 N–H and O–H groups in total. The standard InChI is InChI=1S/C22H29NO3.C2H6/c1-5-6-7-10-23-21(25)14-18-11-16(3)22(17(4)12-18)26-19-8-9-20(24)15(2)13-19;1-2/h8-9,11-13,24H,5-7,10,14H2,1-4H3,(H,23,25);1-2H3. The summed E-state index contributed by atoms with van der Waals surface area (Å²) in [6.07, 6.45) is 3.70. The Balaban J connectivity index is 0.00000190. The number of hydrogen-bond donors (Lipinski definition) is 2. The molecule has 0 fully saturated rings. The Kier molecular flexibility index (Phi) is 10.1. The second-order valence-electron chi connectivity index (χ2n) is 6.84. The molecule has 0 aliphatic carbocycles. The average Bonchev–Trinajstić information content (AvgIpc) is 2.66. The van der Waals surface area contributed by atoms with Gasteiger partial charge in [0, 0.05) is 6.54 Å². The summed E-state index contributed by atoms with van der Waals surface area (Å²) in [5, 5.41) is 12.6. The number of aryl methyl sites for hydroxylation is 3. The number of rotatable bonds is 8. The van der Waals surface area contributed by atoms with Crippen LogP contribution in [-0.4, -0.2) is 17.6 Å². The Labute approximate surface area is 169 Å². The molecule has 0 atom stereocenters. The first kappa shape index (κ1) is 23.5. The van der Waals surface area contributed by atoms with Gasteiger partial charge in [-0.25, -0.2) is 0 Å². The maximum absolute atomic E-state index is 12.1. The highest BCUT2D eigenvalue weighted by Gasteiger charge is 2.11. The van der Waals surface area contributed by atoms with Crippen molar-refractivity contribution in [1.82, 2.24) is 5.32 Å². The van der Waals surface area contributed by atoms with E-state index in [2.05, 4.69) is 12.2 Å². The minimum Gasteiger partial charge on any atom is -0.508 e. The minimum atomic E-state index is 0.0581. The van der Waals surface area contributed by atoms with E-state index in [1.54, 1.807) is 12.1 Å². The van der Waals surface area contributed by atoms with Gasteiger partial charge in [0.15, 0.2) is 0 Å². The van der Waals surface area contributed by atoms with Gasteiger partial charge in [-0.1, -0.05) is 45.7 Å². The van der Waals surface area contributed by atoms with Crippen molar-refractivity contribution >= 4 is 5.91 Å². The summed E-state index contributed by atoms with van der Waals surface area (Å²) < 4.78 is 6.02. The van der Waals surface area contributed by atoms with Crippen LogP contribution in [0.5, 0.6) is 17.2 Å². The molecule has 0 spiro atoms.